The van der Waals surface area contributed by atoms with Crippen LogP contribution in [0.2, 0.25) is 0 Å². The second-order valence-corrected chi connectivity index (χ2v) is 5.65. The van der Waals surface area contributed by atoms with E-state index in [1.165, 1.54) is 18.9 Å². The number of benzene rings is 2. The summed E-state index contributed by atoms with van der Waals surface area (Å²) in [5, 5.41) is 2.86. The van der Waals surface area contributed by atoms with E-state index in [0.29, 0.717) is 6.42 Å². The summed E-state index contributed by atoms with van der Waals surface area (Å²) >= 11 is 1.37. The molecule has 0 atom stereocenters. The van der Waals surface area contributed by atoms with Gasteiger partial charge >= 0.3 is 5.97 Å². The fraction of sp³-hybridized carbons (Fsp3) is 0.176. The Bertz CT molecular complexity index is 643. The number of anilines is 1. The van der Waals surface area contributed by atoms with E-state index in [1.807, 2.05) is 54.6 Å². The maximum atomic E-state index is 12.0. The van der Waals surface area contributed by atoms with Gasteiger partial charge in [-0.1, -0.05) is 36.4 Å². The number of rotatable bonds is 6. The minimum Gasteiger partial charge on any atom is -0.468 e. The molecule has 1 N–H and O–H groups in total. The van der Waals surface area contributed by atoms with Crippen molar-refractivity contribution in [2.24, 2.45) is 0 Å². The van der Waals surface area contributed by atoms with Crippen molar-refractivity contribution in [3.8, 4) is 0 Å². The normalized spacial score (nSPS) is 10.0. The molecule has 0 bridgehead atoms. The fourth-order valence-corrected chi connectivity index (χ4v) is 2.64. The van der Waals surface area contributed by atoms with Crippen LogP contribution in [0.4, 0.5) is 5.69 Å². The number of hydrogen-bond donors (Lipinski definition) is 1. The minimum atomic E-state index is -0.275. The Balaban J connectivity index is 1.92. The van der Waals surface area contributed by atoms with Gasteiger partial charge in [0.05, 0.1) is 19.3 Å². The third-order valence-corrected chi connectivity index (χ3v) is 3.88. The lowest BCUT2D eigenvalue weighted by molar-refractivity contribution is -0.137. The van der Waals surface area contributed by atoms with Crippen molar-refractivity contribution >= 4 is 29.3 Å². The number of thioether (sulfide) groups is 1. The minimum absolute atomic E-state index is 0.0682. The molecule has 5 heteroatoms. The zero-order chi connectivity index (χ0) is 15.8. The predicted molar refractivity (Wildman–Crippen MR) is 88.0 cm³/mol. The molecule has 0 saturated heterocycles. The highest BCUT2D eigenvalue weighted by Gasteiger charge is 2.06. The molecule has 0 unspecified atom stereocenters. The van der Waals surface area contributed by atoms with Crippen LogP contribution in [0.25, 0.3) is 0 Å². The summed E-state index contributed by atoms with van der Waals surface area (Å²) in [6.07, 6.45) is 0.334. The molecule has 0 aliphatic heterocycles. The Morgan fingerprint density at radius 3 is 2.59 bits per heavy atom. The molecular weight excluding hydrogens is 298 g/mol. The molecule has 2 aromatic rings. The molecule has 1 amide bonds. The van der Waals surface area contributed by atoms with Gasteiger partial charge in [0.1, 0.15) is 0 Å². The van der Waals surface area contributed by atoms with Crippen molar-refractivity contribution in [3.05, 3.63) is 60.2 Å². The molecule has 0 aliphatic carbocycles. The van der Waals surface area contributed by atoms with Gasteiger partial charge in [0, 0.05) is 10.6 Å². The lowest BCUT2D eigenvalue weighted by atomic mass is 10.1. The Morgan fingerprint density at radius 2 is 1.86 bits per heavy atom. The highest BCUT2D eigenvalue weighted by atomic mass is 32.2. The van der Waals surface area contributed by atoms with Gasteiger partial charge in [-0.25, -0.2) is 0 Å². The Kier molecular flexibility index (Phi) is 6.03. The second-order valence-electron chi connectivity index (χ2n) is 4.60. The predicted octanol–water partition coefficient (Wildman–Crippen LogP) is 3.13. The van der Waals surface area contributed by atoms with E-state index in [4.69, 9.17) is 0 Å². The summed E-state index contributed by atoms with van der Waals surface area (Å²) in [5.74, 6) is -0.0948. The van der Waals surface area contributed by atoms with E-state index in [0.717, 1.165) is 16.1 Å². The number of nitrogens with one attached hydrogen (secondary N) is 1. The number of hydrogen-bond acceptors (Lipinski definition) is 4. The molecule has 0 radical (unpaired) electrons. The van der Waals surface area contributed by atoms with E-state index in [-0.39, 0.29) is 17.6 Å². The van der Waals surface area contributed by atoms with Gasteiger partial charge in [-0.3, -0.25) is 9.59 Å². The zero-order valence-electron chi connectivity index (χ0n) is 12.2. The smallest absolute Gasteiger partial charge is 0.315 e. The van der Waals surface area contributed by atoms with E-state index < -0.39 is 0 Å². The monoisotopic (exact) mass is 315 g/mol. The molecule has 0 heterocycles. The third kappa shape index (κ3) is 5.26. The number of methoxy groups -OCH3 is 1. The van der Waals surface area contributed by atoms with Crippen molar-refractivity contribution < 1.29 is 14.3 Å². The van der Waals surface area contributed by atoms with Crippen molar-refractivity contribution in [1.29, 1.82) is 0 Å². The largest absolute Gasteiger partial charge is 0.468 e. The third-order valence-electron chi connectivity index (χ3n) is 2.91. The van der Waals surface area contributed by atoms with Gasteiger partial charge in [0.15, 0.2) is 0 Å². The van der Waals surface area contributed by atoms with Crippen LogP contribution in [0, 0.1) is 0 Å². The van der Waals surface area contributed by atoms with E-state index in [2.05, 4.69) is 10.1 Å². The summed E-state index contributed by atoms with van der Waals surface area (Å²) in [5.41, 5.74) is 1.69. The number of carbonyl (C=O) groups excluding carboxylic acids is 2. The van der Waals surface area contributed by atoms with Crippen LogP contribution in [0.5, 0.6) is 0 Å². The van der Waals surface area contributed by atoms with E-state index >= 15 is 0 Å². The van der Waals surface area contributed by atoms with Crippen LogP contribution in [0.1, 0.15) is 5.56 Å². The lowest BCUT2D eigenvalue weighted by Gasteiger charge is -2.07. The van der Waals surface area contributed by atoms with Crippen LogP contribution in [-0.2, 0) is 20.7 Å². The van der Waals surface area contributed by atoms with Crippen molar-refractivity contribution in [1.82, 2.24) is 0 Å². The molecule has 114 valence electrons. The van der Waals surface area contributed by atoms with Gasteiger partial charge in [0.2, 0.25) is 5.91 Å². The molecule has 0 aromatic heterocycles. The summed E-state index contributed by atoms with van der Waals surface area (Å²) in [7, 11) is 1.36. The van der Waals surface area contributed by atoms with Crippen LogP contribution in [-0.4, -0.2) is 24.7 Å². The fourth-order valence-electron chi connectivity index (χ4n) is 1.85. The first-order chi connectivity index (χ1) is 10.7. The topological polar surface area (TPSA) is 55.4 Å². The average molecular weight is 315 g/mol. The van der Waals surface area contributed by atoms with Gasteiger partial charge < -0.3 is 10.1 Å². The van der Waals surface area contributed by atoms with Crippen LogP contribution in [0.15, 0.2) is 59.5 Å². The second kappa shape index (κ2) is 8.24. The highest BCUT2D eigenvalue weighted by molar-refractivity contribution is 8.00. The number of carbonyl (C=O) groups is 2. The quantitative estimate of drug-likeness (QED) is 0.657. The van der Waals surface area contributed by atoms with Gasteiger partial charge in [-0.2, -0.15) is 0 Å². The number of ether oxygens (including phenoxy) is 1. The van der Waals surface area contributed by atoms with Crippen LogP contribution < -0.4 is 5.32 Å². The molecule has 0 aliphatic rings. The Labute approximate surface area is 133 Å². The lowest BCUT2D eigenvalue weighted by Crippen LogP contribution is -2.14. The first-order valence-corrected chi connectivity index (χ1v) is 7.79. The summed E-state index contributed by atoms with van der Waals surface area (Å²) in [6, 6.07) is 17.0. The van der Waals surface area contributed by atoms with Gasteiger partial charge in [-0.05, 0) is 23.8 Å². The highest BCUT2D eigenvalue weighted by Crippen LogP contribution is 2.21. The maximum absolute atomic E-state index is 12.0. The standard InChI is InChI=1S/C17H17NO3S/c1-21-17(20)12-22-15-9-5-8-14(11-15)18-16(19)10-13-6-3-2-4-7-13/h2-9,11H,10,12H2,1H3,(H,18,19). The van der Waals surface area contributed by atoms with E-state index in [1.54, 1.807) is 0 Å². The Hall–Kier alpha value is -2.27. The van der Waals surface area contributed by atoms with Crippen molar-refractivity contribution in [2.45, 2.75) is 11.3 Å². The first kappa shape index (κ1) is 16.1. The Morgan fingerprint density at radius 1 is 1.09 bits per heavy atom. The first-order valence-electron chi connectivity index (χ1n) is 6.81. The molecular formula is C17H17NO3S. The number of esters is 1. The molecule has 2 aromatic carbocycles. The average Bonchev–Trinajstić information content (AvgIpc) is 2.53. The molecule has 0 saturated carbocycles. The SMILES string of the molecule is COC(=O)CSc1cccc(NC(=O)Cc2ccccc2)c1. The number of amides is 1. The molecule has 2 rings (SSSR count). The van der Waals surface area contributed by atoms with E-state index in [9.17, 15) is 9.59 Å². The molecule has 4 nitrogen and oxygen atoms in total. The molecule has 0 spiro atoms. The summed E-state index contributed by atoms with van der Waals surface area (Å²) in [4.78, 5) is 24.1. The maximum Gasteiger partial charge on any atom is 0.315 e. The van der Waals surface area contributed by atoms with Crippen molar-refractivity contribution in [3.63, 3.8) is 0 Å². The van der Waals surface area contributed by atoms with Crippen molar-refractivity contribution in [2.75, 3.05) is 18.2 Å². The molecule has 22 heavy (non-hydrogen) atoms. The van der Waals surface area contributed by atoms with Gasteiger partial charge in [-0.15, -0.1) is 11.8 Å². The zero-order valence-corrected chi connectivity index (χ0v) is 13.1. The summed E-state index contributed by atoms with van der Waals surface area (Å²) in [6.45, 7) is 0. The van der Waals surface area contributed by atoms with Crippen LogP contribution in [0.3, 0.4) is 0 Å². The molecule has 0 fully saturated rings. The van der Waals surface area contributed by atoms with Crippen LogP contribution >= 0.6 is 11.8 Å². The van der Waals surface area contributed by atoms with Gasteiger partial charge in [0.25, 0.3) is 0 Å². The summed E-state index contributed by atoms with van der Waals surface area (Å²) < 4.78 is 4.60.